The highest BCUT2D eigenvalue weighted by molar-refractivity contribution is 5.65. The van der Waals surface area contributed by atoms with E-state index in [1.807, 2.05) is 12.1 Å². The van der Waals surface area contributed by atoms with Gasteiger partial charge in [0.1, 0.15) is 0 Å². The molecule has 0 aromatic heterocycles. The summed E-state index contributed by atoms with van der Waals surface area (Å²) in [5.41, 5.74) is 2.35. The zero-order valence-corrected chi connectivity index (χ0v) is 18.0. The summed E-state index contributed by atoms with van der Waals surface area (Å²) in [4.78, 5) is 0. The molecule has 4 atom stereocenters. The number of hydrogen-bond acceptors (Lipinski definition) is 1. The van der Waals surface area contributed by atoms with Gasteiger partial charge in [0.2, 0.25) is 5.82 Å². The number of allylic oxidation sites excluding steroid dienone is 2. The minimum absolute atomic E-state index is 0.0300. The van der Waals surface area contributed by atoms with Crippen molar-refractivity contribution in [1.29, 1.82) is 0 Å². The Kier molecular flexibility index (Phi) is 6.55. The Bertz CT molecular complexity index is 886. The van der Waals surface area contributed by atoms with Crippen molar-refractivity contribution in [2.75, 3.05) is 6.61 Å². The van der Waals surface area contributed by atoms with Gasteiger partial charge in [0, 0.05) is 5.56 Å². The fourth-order valence-corrected chi connectivity index (χ4v) is 5.90. The molecule has 2 fully saturated rings. The monoisotopic (exact) mass is 410 g/mol. The first-order valence-corrected chi connectivity index (χ1v) is 11.5. The Morgan fingerprint density at radius 1 is 0.933 bits per heavy atom. The van der Waals surface area contributed by atoms with Crippen molar-refractivity contribution in [3.05, 3.63) is 65.7 Å². The minimum Gasteiger partial charge on any atom is -0.491 e. The van der Waals surface area contributed by atoms with Gasteiger partial charge in [-0.3, -0.25) is 0 Å². The van der Waals surface area contributed by atoms with Crippen molar-refractivity contribution < 1.29 is 13.5 Å². The fraction of sp³-hybridized carbons (Fsp3) is 0.481. The van der Waals surface area contributed by atoms with Crippen LogP contribution in [0.2, 0.25) is 0 Å². The summed E-state index contributed by atoms with van der Waals surface area (Å²) in [6.07, 6.45) is 12.2. The Labute approximate surface area is 179 Å². The molecule has 160 valence electrons. The third-order valence-corrected chi connectivity index (χ3v) is 7.29. The van der Waals surface area contributed by atoms with Crippen LogP contribution in [0.1, 0.15) is 63.9 Å². The lowest BCUT2D eigenvalue weighted by Crippen LogP contribution is -2.12. The second kappa shape index (κ2) is 9.32. The van der Waals surface area contributed by atoms with E-state index in [-0.39, 0.29) is 11.3 Å². The molecular weight excluding hydrogens is 378 g/mol. The normalized spacial score (nSPS) is 25.7. The van der Waals surface area contributed by atoms with Crippen molar-refractivity contribution in [3.63, 3.8) is 0 Å². The van der Waals surface area contributed by atoms with Gasteiger partial charge >= 0.3 is 0 Å². The molecule has 0 N–H and O–H groups in total. The number of hydrogen-bond donors (Lipinski definition) is 0. The Morgan fingerprint density at radius 2 is 1.70 bits per heavy atom. The molecule has 3 heteroatoms. The molecule has 2 aromatic rings. The van der Waals surface area contributed by atoms with E-state index in [2.05, 4.69) is 31.2 Å². The second-order valence-corrected chi connectivity index (χ2v) is 8.79. The van der Waals surface area contributed by atoms with E-state index in [4.69, 9.17) is 4.74 Å². The third-order valence-electron chi connectivity index (χ3n) is 7.29. The smallest absolute Gasteiger partial charge is 0.201 e. The van der Waals surface area contributed by atoms with Crippen LogP contribution in [-0.4, -0.2) is 6.61 Å². The van der Waals surface area contributed by atoms with Gasteiger partial charge in [-0.1, -0.05) is 36.4 Å². The molecule has 2 saturated carbocycles. The molecule has 30 heavy (non-hydrogen) atoms. The molecule has 1 nitrogen and oxygen atoms in total. The summed E-state index contributed by atoms with van der Waals surface area (Å²) in [5.74, 6) is 1.34. The van der Waals surface area contributed by atoms with Crippen LogP contribution >= 0.6 is 0 Å². The van der Waals surface area contributed by atoms with Crippen LogP contribution in [0.4, 0.5) is 8.78 Å². The fourth-order valence-electron chi connectivity index (χ4n) is 5.90. The van der Waals surface area contributed by atoms with Crippen molar-refractivity contribution in [1.82, 2.24) is 0 Å². The lowest BCUT2D eigenvalue weighted by Gasteiger charge is -2.21. The first-order chi connectivity index (χ1) is 14.6. The molecule has 0 aliphatic heterocycles. The summed E-state index contributed by atoms with van der Waals surface area (Å²) in [5, 5.41) is 0. The van der Waals surface area contributed by atoms with Crippen LogP contribution in [0, 0.1) is 29.4 Å². The molecule has 0 amide bonds. The summed E-state index contributed by atoms with van der Waals surface area (Å²) >= 11 is 0. The number of halogens is 2. The van der Waals surface area contributed by atoms with E-state index in [1.54, 1.807) is 13.0 Å². The highest BCUT2D eigenvalue weighted by Gasteiger charge is 2.44. The topological polar surface area (TPSA) is 9.23 Å². The predicted octanol–water partition coefficient (Wildman–Crippen LogP) is 7.91. The van der Waals surface area contributed by atoms with Crippen LogP contribution in [0.3, 0.4) is 0 Å². The van der Waals surface area contributed by atoms with Gasteiger partial charge in [0.05, 0.1) is 6.61 Å². The molecule has 2 aliphatic rings. The zero-order valence-electron chi connectivity index (χ0n) is 18.0. The van der Waals surface area contributed by atoms with Crippen LogP contribution in [0.15, 0.2) is 48.6 Å². The van der Waals surface area contributed by atoms with E-state index in [0.29, 0.717) is 18.1 Å². The molecule has 2 aliphatic carbocycles. The Hall–Kier alpha value is -2.16. The van der Waals surface area contributed by atoms with Gasteiger partial charge in [-0.25, -0.2) is 4.39 Å². The lowest BCUT2D eigenvalue weighted by atomic mass is 9.84. The molecule has 0 heterocycles. The molecule has 2 aromatic carbocycles. The average molecular weight is 411 g/mol. The van der Waals surface area contributed by atoms with Gasteiger partial charge in [-0.2, -0.15) is 4.39 Å². The quantitative estimate of drug-likeness (QED) is 0.421. The average Bonchev–Trinajstić information content (AvgIpc) is 3.35. The lowest BCUT2D eigenvalue weighted by molar-refractivity contribution is 0.314. The number of benzene rings is 2. The Morgan fingerprint density at radius 3 is 2.43 bits per heavy atom. The van der Waals surface area contributed by atoms with E-state index in [1.165, 1.54) is 50.2 Å². The van der Waals surface area contributed by atoms with E-state index >= 15 is 0 Å². The predicted molar refractivity (Wildman–Crippen MR) is 119 cm³/mol. The SMILES string of the molecule is CC=CCCC1CCC2C(c3ccc(-c4ccc(OCC)c(F)c4F)cc3)CCC12. The van der Waals surface area contributed by atoms with Gasteiger partial charge < -0.3 is 4.74 Å². The maximum atomic E-state index is 14.6. The maximum absolute atomic E-state index is 14.6. The summed E-state index contributed by atoms with van der Waals surface area (Å²) < 4.78 is 34.0. The van der Waals surface area contributed by atoms with Crippen LogP contribution in [0.25, 0.3) is 11.1 Å². The highest BCUT2D eigenvalue weighted by Crippen LogP contribution is 2.55. The molecule has 0 radical (unpaired) electrons. The third kappa shape index (κ3) is 4.04. The standard InChI is InChI=1S/C27H32F2O/c1-3-5-6-7-18-12-13-24-21(18)14-15-22(24)19-8-10-20(11-9-19)23-16-17-25(30-4-2)27(29)26(23)28/h3,5,8-11,16-18,21-22,24H,4,6-7,12-15H2,1-2H3. The molecular formula is C27H32F2O. The number of fused-ring (bicyclic) bond motifs is 1. The first kappa shape index (κ1) is 21.1. The van der Waals surface area contributed by atoms with E-state index in [0.717, 1.165) is 17.8 Å². The molecule has 4 unspecified atom stereocenters. The van der Waals surface area contributed by atoms with Gasteiger partial charge in [0.25, 0.3) is 0 Å². The molecule has 0 spiro atoms. The zero-order chi connectivity index (χ0) is 21.1. The van der Waals surface area contributed by atoms with Crippen molar-refractivity contribution >= 4 is 0 Å². The van der Waals surface area contributed by atoms with E-state index < -0.39 is 11.6 Å². The minimum atomic E-state index is -0.910. The number of rotatable bonds is 7. The van der Waals surface area contributed by atoms with Crippen LogP contribution in [0.5, 0.6) is 5.75 Å². The number of ether oxygens (including phenoxy) is 1. The molecule has 4 rings (SSSR count). The summed E-state index contributed by atoms with van der Waals surface area (Å²) in [7, 11) is 0. The van der Waals surface area contributed by atoms with Crippen molar-refractivity contribution in [3.8, 4) is 16.9 Å². The first-order valence-electron chi connectivity index (χ1n) is 11.5. The van der Waals surface area contributed by atoms with E-state index in [9.17, 15) is 8.78 Å². The maximum Gasteiger partial charge on any atom is 0.201 e. The summed E-state index contributed by atoms with van der Waals surface area (Å²) in [6, 6.07) is 11.3. The second-order valence-electron chi connectivity index (χ2n) is 8.79. The van der Waals surface area contributed by atoms with Gasteiger partial charge in [-0.15, -0.1) is 0 Å². The molecule has 0 bridgehead atoms. The van der Waals surface area contributed by atoms with Crippen LogP contribution in [-0.2, 0) is 0 Å². The largest absolute Gasteiger partial charge is 0.491 e. The van der Waals surface area contributed by atoms with Crippen molar-refractivity contribution in [2.45, 2.75) is 58.3 Å². The summed E-state index contributed by atoms with van der Waals surface area (Å²) in [6.45, 7) is 4.16. The van der Waals surface area contributed by atoms with Gasteiger partial charge in [-0.05, 0) is 99.3 Å². The Balaban J connectivity index is 1.48. The van der Waals surface area contributed by atoms with Crippen LogP contribution < -0.4 is 4.74 Å². The van der Waals surface area contributed by atoms with Crippen molar-refractivity contribution in [2.24, 2.45) is 17.8 Å². The highest BCUT2D eigenvalue weighted by atomic mass is 19.2. The van der Waals surface area contributed by atoms with Gasteiger partial charge in [0.15, 0.2) is 11.6 Å². The molecule has 0 saturated heterocycles.